The molecule has 0 unspecified atom stereocenters. The number of nitrogens with one attached hydrogen (secondary N) is 2. The van der Waals surface area contributed by atoms with E-state index in [1.54, 1.807) is 34.5 Å². The van der Waals surface area contributed by atoms with E-state index in [1.807, 2.05) is 133 Å². The van der Waals surface area contributed by atoms with Gasteiger partial charge in [-0.1, -0.05) is 48.5 Å². The largest absolute Gasteiger partial charge is 0.497 e. The van der Waals surface area contributed by atoms with E-state index in [4.69, 9.17) is 28.9 Å². The Morgan fingerprint density at radius 1 is 0.453 bits per heavy atom. The molecule has 64 heavy (non-hydrogen) atoms. The summed E-state index contributed by atoms with van der Waals surface area (Å²) in [4.78, 5) is 43.0. The van der Waals surface area contributed by atoms with Crippen molar-refractivity contribution in [1.29, 1.82) is 0 Å². The maximum absolute atomic E-state index is 12.5. The number of hydrogen-bond donors (Lipinski definition) is 4. The molecule has 0 atom stereocenters. The molecule has 4 N–H and O–H groups in total. The first-order valence-corrected chi connectivity index (χ1v) is 20.1. The molecule has 0 saturated carbocycles. The predicted octanol–water partition coefficient (Wildman–Crippen LogP) is 10.9. The molecular formula is C52H40N4O8. The predicted molar refractivity (Wildman–Crippen MR) is 250 cm³/mol. The summed E-state index contributed by atoms with van der Waals surface area (Å²) in [6.07, 6.45) is 8.90. The van der Waals surface area contributed by atoms with E-state index in [9.17, 15) is 19.8 Å². The number of aromatic amines is 2. The van der Waals surface area contributed by atoms with Crippen LogP contribution in [0.25, 0.3) is 97.0 Å². The lowest BCUT2D eigenvalue weighted by atomic mass is 10.0. The van der Waals surface area contributed by atoms with Crippen molar-refractivity contribution in [3.05, 3.63) is 149 Å². The number of carboxylic acid groups (broad SMARTS) is 2. The van der Waals surface area contributed by atoms with Crippen LogP contribution in [0.15, 0.2) is 121 Å². The van der Waals surface area contributed by atoms with Crippen LogP contribution in [0.2, 0.25) is 0 Å². The molecule has 2 aliphatic heterocycles. The quantitative estimate of drug-likeness (QED) is 0.0558. The van der Waals surface area contributed by atoms with Gasteiger partial charge in [0.1, 0.15) is 28.6 Å². The average Bonchev–Trinajstić information content (AvgIpc) is 4.17. The molecule has 5 heterocycles. The number of aliphatic carboxylic acids is 2. The van der Waals surface area contributed by atoms with E-state index >= 15 is 0 Å². The fourth-order valence-electron chi connectivity index (χ4n) is 8.04. The number of methoxy groups -OCH3 is 4. The highest BCUT2D eigenvalue weighted by Crippen LogP contribution is 2.41. The molecule has 9 rings (SSSR count). The topological polar surface area (TPSA) is 169 Å². The number of fused-ring (bicyclic) bond motifs is 8. The third-order valence-corrected chi connectivity index (χ3v) is 11.2. The number of rotatable bonds is 11. The van der Waals surface area contributed by atoms with Gasteiger partial charge in [-0.25, -0.2) is 19.6 Å². The van der Waals surface area contributed by atoms with Gasteiger partial charge < -0.3 is 39.1 Å². The molecular weight excluding hydrogens is 809 g/mol. The van der Waals surface area contributed by atoms with Crippen LogP contribution in [-0.4, -0.2) is 70.5 Å². The number of ether oxygens (including phenoxy) is 4. The van der Waals surface area contributed by atoms with E-state index in [1.165, 1.54) is 6.08 Å². The third-order valence-electron chi connectivity index (χ3n) is 11.2. The molecule has 2 aliphatic rings. The molecule has 12 nitrogen and oxygen atoms in total. The summed E-state index contributed by atoms with van der Waals surface area (Å²) in [5, 5.41) is 20.3. The minimum absolute atomic E-state index is 0.297. The second-order valence-electron chi connectivity index (χ2n) is 14.8. The lowest BCUT2D eigenvalue weighted by Gasteiger charge is -2.08. The number of H-pyrrole nitrogens is 2. The number of aromatic nitrogens is 4. The lowest BCUT2D eigenvalue weighted by Crippen LogP contribution is -2.10. The Bertz CT molecular complexity index is 3220. The molecule has 3 aromatic heterocycles. The summed E-state index contributed by atoms with van der Waals surface area (Å²) < 4.78 is 22.1. The first-order chi connectivity index (χ1) is 31.2. The second kappa shape index (κ2) is 17.0. The SMILES string of the molecule is COc1ccc(-c2c3nc(c(-c4ccc(OC)cc4)c4cc(C=C(C(=O)O)C(=O)O)c([nH]4)c(-c4ccc(OC)cc4)c4nc(c(-c5ccc(OC)cc5)c5ccc2[nH]5)C=C4)C=C3)cc1. The Balaban J connectivity index is 1.51. The van der Waals surface area contributed by atoms with Gasteiger partial charge in [-0.15, -0.1) is 0 Å². The molecule has 0 fully saturated rings. The summed E-state index contributed by atoms with van der Waals surface area (Å²) >= 11 is 0. The van der Waals surface area contributed by atoms with E-state index < -0.39 is 17.5 Å². The Hall–Kier alpha value is -8.64. The standard InChI is InChI=1S/C52H40N4O8/c1-61-34-13-5-29(6-14-34)46-39-21-22-40(53-39)47(30-7-15-35(62-2)16-8-30)42-25-26-44(55-42)49(32-11-19-37(64-4)20-12-32)50-33(27-38(51(57)58)52(59)60)28-45(56-50)48(43-24-23-41(46)54-43)31-9-17-36(63-3)18-10-31/h5-28,53,56H,1-4H3,(H,57,58)(H,59,60). The summed E-state index contributed by atoms with van der Waals surface area (Å²) in [7, 11) is 6.42. The van der Waals surface area contributed by atoms with Crippen LogP contribution in [0.3, 0.4) is 0 Å². The Kier molecular flexibility index (Phi) is 10.8. The molecule has 316 valence electrons. The fraction of sp³-hybridized carbons (Fsp3) is 0.0769. The molecule has 8 bridgehead atoms. The monoisotopic (exact) mass is 848 g/mol. The smallest absolute Gasteiger partial charge is 0.343 e. The van der Waals surface area contributed by atoms with Crippen LogP contribution >= 0.6 is 0 Å². The molecule has 0 saturated heterocycles. The van der Waals surface area contributed by atoms with Crippen LogP contribution in [-0.2, 0) is 9.59 Å². The zero-order chi connectivity index (χ0) is 44.5. The van der Waals surface area contributed by atoms with Crippen molar-refractivity contribution in [3.8, 4) is 67.5 Å². The average molecular weight is 849 g/mol. The minimum Gasteiger partial charge on any atom is -0.497 e. The van der Waals surface area contributed by atoms with Crippen molar-refractivity contribution in [2.45, 2.75) is 0 Å². The molecule has 0 amide bonds. The summed E-state index contributed by atoms with van der Waals surface area (Å²) in [5.74, 6) is -0.514. The Morgan fingerprint density at radius 2 is 0.781 bits per heavy atom. The molecule has 7 aromatic rings. The Morgan fingerprint density at radius 3 is 1.12 bits per heavy atom. The Labute approximate surface area is 367 Å². The number of carboxylic acids is 2. The highest BCUT2D eigenvalue weighted by atomic mass is 16.5. The van der Waals surface area contributed by atoms with Gasteiger partial charge in [0.2, 0.25) is 0 Å². The van der Waals surface area contributed by atoms with Crippen molar-refractivity contribution < 1.29 is 38.7 Å². The van der Waals surface area contributed by atoms with Crippen LogP contribution in [0.1, 0.15) is 28.3 Å². The zero-order valence-electron chi connectivity index (χ0n) is 35.1. The maximum atomic E-state index is 12.5. The number of carbonyl (C=O) groups is 2. The first kappa shape index (κ1) is 40.7. The van der Waals surface area contributed by atoms with Gasteiger partial charge in [0.25, 0.3) is 0 Å². The van der Waals surface area contributed by atoms with Crippen LogP contribution in [0.4, 0.5) is 0 Å². The first-order valence-electron chi connectivity index (χ1n) is 20.1. The van der Waals surface area contributed by atoms with E-state index in [0.717, 1.165) is 38.9 Å². The molecule has 4 aromatic carbocycles. The van der Waals surface area contributed by atoms with Gasteiger partial charge in [-0.3, -0.25) is 0 Å². The number of nitrogens with zero attached hydrogens (tertiary/aromatic N) is 2. The zero-order valence-corrected chi connectivity index (χ0v) is 35.1. The van der Waals surface area contributed by atoms with Gasteiger partial charge in [0.15, 0.2) is 0 Å². The molecule has 0 aliphatic carbocycles. The van der Waals surface area contributed by atoms with E-state index in [-0.39, 0.29) is 0 Å². The highest BCUT2D eigenvalue weighted by Gasteiger charge is 2.23. The number of hydrogen-bond acceptors (Lipinski definition) is 8. The van der Waals surface area contributed by atoms with E-state index in [0.29, 0.717) is 79.1 Å². The van der Waals surface area contributed by atoms with Gasteiger partial charge in [0, 0.05) is 44.4 Å². The fourth-order valence-corrected chi connectivity index (χ4v) is 8.04. The highest BCUT2D eigenvalue weighted by molar-refractivity contribution is 6.17. The summed E-state index contributed by atoms with van der Waals surface area (Å²) in [6, 6.07) is 36.3. The van der Waals surface area contributed by atoms with Crippen molar-refractivity contribution in [3.63, 3.8) is 0 Å². The maximum Gasteiger partial charge on any atom is 0.343 e. The normalized spacial score (nSPS) is 11.6. The lowest BCUT2D eigenvalue weighted by molar-refractivity contribution is -0.140. The van der Waals surface area contributed by atoms with Gasteiger partial charge in [-0.2, -0.15) is 0 Å². The third kappa shape index (κ3) is 7.64. The molecule has 0 radical (unpaired) electrons. The van der Waals surface area contributed by atoms with Gasteiger partial charge >= 0.3 is 11.9 Å². The molecule has 0 spiro atoms. The molecule has 12 heteroatoms. The van der Waals surface area contributed by atoms with Crippen LogP contribution < -0.4 is 18.9 Å². The van der Waals surface area contributed by atoms with Crippen molar-refractivity contribution in [2.75, 3.05) is 28.4 Å². The van der Waals surface area contributed by atoms with Gasteiger partial charge in [-0.05, 0) is 119 Å². The van der Waals surface area contributed by atoms with Crippen molar-refractivity contribution in [2.24, 2.45) is 0 Å². The van der Waals surface area contributed by atoms with Crippen LogP contribution in [0.5, 0.6) is 23.0 Å². The van der Waals surface area contributed by atoms with E-state index in [2.05, 4.69) is 9.97 Å². The van der Waals surface area contributed by atoms with Crippen molar-refractivity contribution in [1.82, 2.24) is 19.9 Å². The number of benzene rings is 4. The minimum atomic E-state index is -1.59. The summed E-state index contributed by atoms with van der Waals surface area (Å²) in [6.45, 7) is 0. The van der Waals surface area contributed by atoms with Crippen LogP contribution in [0, 0.1) is 0 Å². The van der Waals surface area contributed by atoms with Gasteiger partial charge in [0.05, 0.1) is 56.7 Å². The van der Waals surface area contributed by atoms with Crippen molar-refractivity contribution >= 4 is 64.4 Å². The second-order valence-corrected chi connectivity index (χ2v) is 14.8. The summed E-state index contributed by atoms with van der Waals surface area (Å²) in [5.41, 5.74) is 10.5.